The SMILES string of the molecule is CN1C(=O)C(P)=C(S)C1=O. The van der Waals surface area contributed by atoms with Gasteiger partial charge in [-0.25, -0.2) is 0 Å². The van der Waals surface area contributed by atoms with E-state index in [9.17, 15) is 9.59 Å². The van der Waals surface area contributed by atoms with Crippen LogP contribution < -0.4 is 0 Å². The lowest BCUT2D eigenvalue weighted by atomic mass is 10.5. The van der Waals surface area contributed by atoms with Crippen LogP contribution in [-0.2, 0) is 9.59 Å². The Bertz CT molecular complexity index is 224. The molecule has 0 N–H and O–H groups in total. The van der Waals surface area contributed by atoms with E-state index in [-0.39, 0.29) is 16.7 Å². The van der Waals surface area contributed by atoms with E-state index in [2.05, 4.69) is 21.9 Å². The first-order valence-corrected chi connectivity index (χ1v) is 3.59. The van der Waals surface area contributed by atoms with Crippen molar-refractivity contribution in [2.24, 2.45) is 0 Å². The molecule has 0 bridgehead atoms. The molecule has 0 saturated heterocycles. The van der Waals surface area contributed by atoms with E-state index < -0.39 is 0 Å². The zero-order chi connectivity index (χ0) is 7.89. The van der Waals surface area contributed by atoms with Crippen LogP contribution in [0.1, 0.15) is 0 Å². The first-order chi connectivity index (χ1) is 4.55. The highest BCUT2D eigenvalue weighted by molar-refractivity contribution is 7.86. The van der Waals surface area contributed by atoms with Crippen molar-refractivity contribution in [3.05, 3.63) is 10.2 Å². The molecule has 0 aliphatic carbocycles. The van der Waals surface area contributed by atoms with Crippen molar-refractivity contribution >= 4 is 33.7 Å². The third-order valence-electron chi connectivity index (χ3n) is 1.30. The van der Waals surface area contributed by atoms with Crippen LogP contribution in [-0.4, -0.2) is 23.8 Å². The van der Waals surface area contributed by atoms with Crippen molar-refractivity contribution in [2.75, 3.05) is 7.05 Å². The minimum atomic E-state index is -0.335. The van der Waals surface area contributed by atoms with Crippen molar-refractivity contribution in [1.82, 2.24) is 4.90 Å². The monoisotopic (exact) mass is 175 g/mol. The summed E-state index contributed by atoms with van der Waals surface area (Å²) in [4.78, 5) is 23.0. The molecule has 54 valence electrons. The van der Waals surface area contributed by atoms with Crippen LogP contribution in [0.2, 0.25) is 0 Å². The molecular weight excluding hydrogens is 169 g/mol. The summed E-state index contributed by atoms with van der Waals surface area (Å²) in [7, 11) is 3.62. The minimum absolute atomic E-state index is 0.220. The quantitative estimate of drug-likeness (QED) is 0.319. The number of thiol groups is 1. The molecule has 0 spiro atoms. The predicted octanol–water partition coefficient (Wildman–Crippen LogP) is 0.00150. The number of rotatable bonds is 0. The fourth-order valence-corrected chi connectivity index (χ4v) is 1.21. The largest absolute Gasteiger partial charge is 0.277 e. The number of likely N-dealkylation sites (N-methyl/N-ethyl adjacent to an activating group) is 1. The molecule has 1 heterocycles. The molecule has 1 aliphatic heterocycles. The Hall–Kier alpha value is -0.340. The summed E-state index contributed by atoms with van der Waals surface area (Å²) in [6.45, 7) is 0. The van der Waals surface area contributed by atoms with E-state index in [4.69, 9.17) is 0 Å². The number of hydrogen-bond acceptors (Lipinski definition) is 3. The summed E-state index contributed by atoms with van der Waals surface area (Å²) in [6, 6.07) is 0. The van der Waals surface area contributed by atoms with Gasteiger partial charge in [0.15, 0.2) is 0 Å². The Labute approximate surface area is 66.1 Å². The van der Waals surface area contributed by atoms with Crippen molar-refractivity contribution < 1.29 is 9.59 Å². The van der Waals surface area contributed by atoms with E-state index in [0.717, 1.165) is 4.90 Å². The number of amides is 2. The molecular formula is C5H6NO2PS. The standard InChI is InChI=1S/C5H6NO2PS/c1-6-4(7)2(9)3(10)5(6)8/h10H,9H2,1H3. The molecule has 3 nitrogen and oxygen atoms in total. The summed E-state index contributed by atoms with van der Waals surface area (Å²) < 4.78 is 0. The highest BCUT2D eigenvalue weighted by Gasteiger charge is 2.30. The third kappa shape index (κ3) is 0.879. The van der Waals surface area contributed by atoms with E-state index in [1.165, 1.54) is 7.05 Å². The molecule has 1 rings (SSSR count). The molecule has 0 fully saturated rings. The molecule has 1 unspecified atom stereocenters. The second kappa shape index (κ2) is 2.36. The van der Waals surface area contributed by atoms with Crippen LogP contribution >= 0.6 is 21.9 Å². The van der Waals surface area contributed by atoms with Gasteiger partial charge in [0.05, 0.1) is 10.2 Å². The second-order valence-electron chi connectivity index (χ2n) is 1.93. The van der Waals surface area contributed by atoms with Crippen LogP contribution in [0.25, 0.3) is 0 Å². The average molecular weight is 175 g/mol. The minimum Gasteiger partial charge on any atom is -0.277 e. The van der Waals surface area contributed by atoms with Gasteiger partial charge in [0.2, 0.25) is 0 Å². The Morgan fingerprint density at radius 3 is 2.00 bits per heavy atom. The highest BCUT2D eigenvalue weighted by Crippen LogP contribution is 2.26. The van der Waals surface area contributed by atoms with Crippen LogP contribution in [0.3, 0.4) is 0 Å². The summed E-state index contributed by atoms with van der Waals surface area (Å²) in [5.74, 6) is -0.627. The Balaban J connectivity index is 3.11. The second-order valence-corrected chi connectivity index (χ2v) is 2.96. The molecule has 0 saturated carbocycles. The van der Waals surface area contributed by atoms with E-state index in [0.29, 0.717) is 5.31 Å². The topological polar surface area (TPSA) is 37.4 Å². The molecule has 10 heavy (non-hydrogen) atoms. The fourth-order valence-electron chi connectivity index (χ4n) is 0.648. The number of carbonyl (C=O) groups is 2. The summed E-state index contributed by atoms with van der Waals surface area (Å²) in [5, 5.41) is 0.343. The van der Waals surface area contributed by atoms with Gasteiger partial charge in [0.25, 0.3) is 11.8 Å². The molecule has 5 heteroatoms. The Morgan fingerprint density at radius 1 is 1.40 bits per heavy atom. The van der Waals surface area contributed by atoms with Gasteiger partial charge < -0.3 is 0 Å². The average Bonchev–Trinajstić information content (AvgIpc) is 2.07. The van der Waals surface area contributed by atoms with Crippen LogP contribution in [0.15, 0.2) is 10.2 Å². The number of nitrogens with zero attached hydrogens (tertiary/aromatic N) is 1. The molecule has 0 aromatic carbocycles. The lowest BCUT2D eigenvalue weighted by Gasteiger charge is -2.03. The molecule has 0 radical (unpaired) electrons. The first-order valence-electron chi connectivity index (χ1n) is 2.56. The van der Waals surface area contributed by atoms with Gasteiger partial charge in [-0.1, -0.05) is 9.24 Å². The van der Waals surface area contributed by atoms with Gasteiger partial charge in [-0.05, 0) is 0 Å². The smallest absolute Gasteiger partial charge is 0.267 e. The van der Waals surface area contributed by atoms with E-state index in [1.807, 2.05) is 0 Å². The third-order valence-corrected chi connectivity index (χ3v) is 2.51. The Morgan fingerprint density at radius 2 is 1.90 bits per heavy atom. The molecule has 1 atom stereocenters. The van der Waals surface area contributed by atoms with Gasteiger partial charge >= 0.3 is 0 Å². The summed E-state index contributed by atoms with van der Waals surface area (Å²) in [5.41, 5.74) is 0. The number of hydrogen-bond donors (Lipinski definition) is 1. The van der Waals surface area contributed by atoms with Gasteiger partial charge in [0.1, 0.15) is 0 Å². The van der Waals surface area contributed by atoms with Gasteiger partial charge in [-0.2, -0.15) is 0 Å². The fraction of sp³-hybridized carbons (Fsp3) is 0.200. The molecule has 1 aliphatic rings. The zero-order valence-corrected chi connectivity index (χ0v) is 7.34. The maximum Gasteiger partial charge on any atom is 0.267 e. The van der Waals surface area contributed by atoms with Crippen molar-refractivity contribution in [3.8, 4) is 0 Å². The lowest BCUT2D eigenvalue weighted by molar-refractivity contribution is -0.135. The first kappa shape index (κ1) is 7.76. The van der Waals surface area contributed by atoms with E-state index in [1.54, 1.807) is 0 Å². The molecule has 2 amide bonds. The summed E-state index contributed by atoms with van der Waals surface area (Å²) >= 11 is 3.85. The lowest BCUT2D eigenvalue weighted by Crippen LogP contribution is -2.25. The van der Waals surface area contributed by atoms with Crippen molar-refractivity contribution in [3.63, 3.8) is 0 Å². The maximum absolute atomic E-state index is 10.9. The normalized spacial score (nSPS) is 19.3. The maximum atomic E-state index is 10.9. The van der Waals surface area contributed by atoms with Crippen LogP contribution in [0.5, 0.6) is 0 Å². The zero-order valence-electron chi connectivity index (χ0n) is 5.29. The van der Waals surface area contributed by atoms with Gasteiger partial charge in [0, 0.05) is 7.05 Å². The van der Waals surface area contributed by atoms with Gasteiger partial charge in [-0.3, -0.25) is 14.5 Å². The van der Waals surface area contributed by atoms with Crippen LogP contribution in [0.4, 0.5) is 0 Å². The van der Waals surface area contributed by atoms with E-state index >= 15 is 0 Å². The van der Waals surface area contributed by atoms with Gasteiger partial charge in [-0.15, -0.1) is 12.6 Å². The predicted molar refractivity (Wildman–Crippen MR) is 43.5 cm³/mol. The number of carbonyl (C=O) groups excluding carboxylic acids is 2. The number of imide groups is 1. The molecule has 0 aromatic heterocycles. The molecule has 0 aromatic rings. The van der Waals surface area contributed by atoms with Crippen molar-refractivity contribution in [2.45, 2.75) is 0 Å². The van der Waals surface area contributed by atoms with Crippen molar-refractivity contribution in [1.29, 1.82) is 0 Å². The highest BCUT2D eigenvalue weighted by atomic mass is 32.1. The summed E-state index contributed by atoms with van der Waals surface area (Å²) in [6.07, 6.45) is 0. The Kier molecular flexibility index (Phi) is 1.84. The van der Waals surface area contributed by atoms with Crippen LogP contribution in [0, 0.1) is 0 Å².